The molecule has 0 bridgehead atoms. The molecule has 1 amide bonds. The first-order valence-electron chi connectivity index (χ1n) is 13.4. The Balaban J connectivity index is 1.50. The number of benzene rings is 2. The van der Waals surface area contributed by atoms with Crippen LogP contribution in [-0.2, 0) is 12.0 Å². The zero-order valence-electron chi connectivity index (χ0n) is 23.3. The number of methoxy groups -OCH3 is 1. The fourth-order valence-corrected chi connectivity index (χ4v) is 5.10. The summed E-state index contributed by atoms with van der Waals surface area (Å²) in [4.78, 5) is 21.9. The van der Waals surface area contributed by atoms with E-state index < -0.39 is 49.4 Å². The van der Waals surface area contributed by atoms with E-state index in [0.717, 1.165) is 12.1 Å². The monoisotopic (exact) mass is 601 g/mol. The second-order valence-electron chi connectivity index (χ2n) is 10.4. The van der Waals surface area contributed by atoms with E-state index in [-0.39, 0.29) is 47.2 Å². The van der Waals surface area contributed by atoms with Gasteiger partial charge in [0.1, 0.15) is 48.5 Å². The van der Waals surface area contributed by atoms with Gasteiger partial charge in [0.25, 0.3) is 5.91 Å². The highest BCUT2D eigenvalue weighted by molar-refractivity contribution is 6.00. The lowest BCUT2D eigenvalue weighted by Gasteiger charge is -2.23. The molecule has 0 spiro atoms. The van der Waals surface area contributed by atoms with E-state index in [0.29, 0.717) is 27.7 Å². The Labute approximate surface area is 243 Å². The van der Waals surface area contributed by atoms with Crippen molar-refractivity contribution in [3.63, 3.8) is 0 Å². The number of pyridine rings is 2. The predicted molar refractivity (Wildman–Crippen MR) is 149 cm³/mol. The molecule has 1 atom stereocenters. The van der Waals surface area contributed by atoms with Gasteiger partial charge in [-0.2, -0.15) is 0 Å². The number of carbonyl (C=O) groups excluding carboxylic acids is 1. The number of nitrogens with zero attached hydrogens (tertiary/aromatic N) is 2. The molecular formula is C31H28F5N3O4. The maximum absolute atomic E-state index is 14.5. The standard InChI is InChI=1S/C31H28F5N3O4/c1-16-7-18-8-19(9-25(42-2)26(18)39-24(16)12-40)30(41)37-11-21(29(35)36)23-10-22-28(43-15-31(22,13-32)14-33)27(38-23)17-3-5-20(34)6-4-17/h3-10,21,29,40H,11-15H2,1-2H3,(H,37,41). The molecule has 226 valence electrons. The van der Waals surface area contributed by atoms with Crippen LogP contribution >= 0.6 is 0 Å². The number of halogens is 5. The van der Waals surface area contributed by atoms with Gasteiger partial charge in [0.05, 0.1) is 36.4 Å². The van der Waals surface area contributed by atoms with Crippen molar-refractivity contribution in [2.24, 2.45) is 0 Å². The molecule has 4 aromatic rings. The second-order valence-corrected chi connectivity index (χ2v) is 10.4. The third kappa shape index (κ3) is 5.58. The highest BCUT2D eigenvalue weighted by Crippen LogP contribution is 2.46. The number of carbonyl (C=O) groups is 1. The number of alkyl halides is 4. The van der Waals surface area contributed by atoms with Crippen molar-refractivity contribution in [1.29, 1.82) is 0 Å². The Kier molecular flexibility index (Phi) is 8.50. The molecule has 0 radical (unpaired) electrons. The minimum atomic E-state index is -3.02. The zero-order valence-corrected chi connectivity index (χ0v) is 23.3. The topological polar surface area (TPSA) is 93.6 Å². The number of fused-ring (bicyclic) bond motifs is 2. The van der Waals surface area contributed by atoms with Crippen molar-refractivity contribution in [3.05, 3.63) is 82.4 Å². The third-order valence-electron chi connectivity index (χ3n) is 7.66. The Bertz CT molecular complexity index is 1660. The van der Waals surface area contributed by atoms with E-state index in [2.05, 4.69) is 15.3 Å². The highest BCUT2D eigenvalue weighted by atomic mass is 19.3. The smallest absolute Gasteiger partial charge is 0.251 e. The van der Waals surface area contributed by atoms with Crippen LogP contribution in [0.3, 0.4) is 0 Å². The van der Waals surface area contributed by atoms with Gasteiger partial charge in [0, 0.05) is 28.6 Å². The van der Waals surface area contributed by atoms with E-state index in [1.807, 2.05) is 0 Å². The third-order valence-corrected chi connectivity index (χ3v) is 7.66. The summed E-state index contributed by atoms with van der Waals surface area (Å²) in [5.41, 5.74) is 0.141. The summed E-state index contributed by atoms with van der Waals surface area (Å²) in [7, 11) is 1.39. The Morgan fingerprint density at radius 1 is 1.12 bits per heavy atom. The largest absolute Gasteiger partial charge is 0.494 e. The maximum atomic E-state index is 14.5. The summed E-state index contributed by atoms with van der Waals surface area (Å²) in [5.74, 6) is -2.60. The minimum Gasteiger partial charge on any atom is -0.494 e. The predicted octanol–water partition coefficient (Wildman–Crippen LogP) is 5.59. The lowest BCUT2D eigenvalue weighted by Crippen LogP contribution is -2.34. The van der Waals surface area contributed by atoms with Gasteiger partial charge >= 0.3 is 0 Å². The molecule has 0 fully saturated rings. The summed E-state index contributed by atoms with van der Waals surface area (Å²) >= 11 is 0. The van der Waals surface area contributed by atoms with Crippen LogP contribution in [0.25, 0.3) is 22.2 Å². The van der Waals surface area contributed by atoms with E-state index in [1.54, 1.807) is 13.0 Å². The normalized spacial score (nSPS) is 14.4. The number of rotatable bonds is 10. The fraction of sp³-hybridized carbons (Fsp3) is 0.323. The average Bonchev–Trinajstić information content (AvgIpc) is 3.39. The highest BCUT2D eigenvalue weighted by Gasteiger charge is 2.44. The number of nitrogens with one attached hydrogen (secondary N) is 1. The number of aliphatic hydroxyl groups is 1. The summed E-state index contributed by atoms with van der Waals surface area (Å²) < 4.78 is 82.0. The van der Waals surface area contributed by atoms with Crippen LogP contribution < -0.4 is 14.8 Å². The fourth-order valence-electron chi connectivity index (χ4n) is 5.10. The molecule has 0 aliphatic carbocycles. The molecule has 2 aromatic heterocycles. The molecule has 1 unspecified atom stereocenters. The van der Waals surface area contributed by atoms with Crippen LogP contribution in [0.15, 0.2) is 48.5 Å². The van der Waals surface area contributed by atoms with Gasteiger partial charge in [0.15, 0.2) is 0 Å². The Morgan fingerprint density at radius 2 is 1.84 bits per heavy atom. The van der Waals surface area contributed by atoms with Crippen molar-refractivity contribution in [2.45, 2.75) is 31.3 Å². The number of ether oxygens (including phenoxy) is 2. The van der Waals surface area contributed by atoms with Crippen LogP contribution in [0.5, 0.6) is 11.5 Å². The molecule has 2 aromatic carbocycles. The number of hydrogen-bond acceptors (Lipinski definition) is 6. The van der Waals surface area contributed by atoms with Crippen molar-refractivity contribution in [3.8, 4) is 22.8 Å². The Morgan fingerprint density at radius 3 is 2.47 bits per heavy atom. The van der Waals surface area contributed by atoms with E-state index in [1.165, 1.54) is 37.4 Å². The van der Waals surface area contributed by atoms with Crippen LogP contribution in [-0.4, -0.2) is 61.0 Å². The molecule has 2 N–H and O–H groups in total. The molecule has 7 nitrogen and oxygen atoms in total. The number of hydrogen-bond donors (Lipinski definition) is 2. The van der Waals surface area contributed by atoms with E-state index >= 15 is 0 Å². The molecule has 43 heavy (non-hydrogen) atoms. The number of aryl methyl sites for hydroxylation is 1. The zero-order chi connectivity index (χ0) is 30.9. The van der Waals surface area contributed by atoms with Gasteiger partial charge in [0.2, 0.25) is 6.43 Å². The van der Waals surface area contributed by atoms with Crippen LogP contribution in [0, 0.1) is 12.7 Å². The second kappa shape index (κ2) is 12.1. The molecule has 5 rings (SSSR count). The molecule has 3 heterocycles. The summed E-state index contributed by atoms with van der Waals surface area (Å²) in [6.45, 7) is -1.74. The molecular weight excluding hydrogens is 573 g/mol. The van der Waals surface area contributed by atoms with Gasteiger partial charge in [-0.15, -0.1) is 0 Å². The van der Waals surface area contributed by atoms with Crippen LogP contribution in [0.4, 0.5) is 22.0 Å². The molecule has 1 aliphatic heterocycles. The SMILES string of the molecule is COc1cc(C(=O)NCC(c2cc3c(c(-c4ccc(F)cc4)n2)OCC3(CF)CF)C(F)F)cc2cc(C)c(CO)nc12. The molecule has 0 saturated heterocycles. The quantitative estimate of drug-likeness (QED) is 0.230. The first-order chi connectivity index (χ1) is 20.6. The first-order valence-corrected chi connectivity index (χ1v) is 13.4. The Hall–Kier alpha value is -4.32. The summed E-state index contributed by atoms with van der Waals surface area (Å²) in [6, 6.07) is 10.9. The van der Waals surface area contributed by atoms with E-state index in [4.69, 9.17) is 9.47 Å². The van der Waals surface area contributed by atoms with Crippen molar-refractivity contribution in [1.82, 2.24) is 15.3 Å². The number of aromatic nitrogens is 2. The van der Waals surface area contributed by atoms with Gasteiger partial charge in [-0.3, -0.25) is 4.79 Å². The number of amides is 1. The average molecular weight is 602 g/mol. The minimum absolute atomic E-state index is 0.0395. The molecule has 12 heteroatoms. The van der Waals surface area contributed by atoms with Gasteiger partial charge < -0.3 is 19.9 Å². The molecule has 0 saturated carbocycles. The van der Waals surface area contributed by atoms with Crippen molar-refractivity contribution in [2.75, 3.05) is 33.6 Å². The van der Waals surface area contributed by atoms with Gasteiger partial charge in [-0.25, -0.2) is 31.9 Å². The van der Waals surface area contributed by atoms with E-state index in [9.17, 15) is 31.9 Å². The van der Waals surface area contributed by atoms with Crippen LogP contribution in [0.1, 0.15) is 38.8 Å². The van der Waals surface area contributed by atoms with Crippen molar-refractivity contribution >= 4 is 16.8 Å². The number of aliphatic hydroxyl groups excluding tert-OH is 1. The molecule has 1 aliphatic rings. The van der Waals surface area contributed by atoms with Crippen LogP contribution in [0.2, 0.25) is 0 Å². The first kappa shape index (κ1) is 30.1. The van der Waals surface area contributed by atoms with Crippen molar-refractivity contribution < 1.29 is 41.3 Å². The van der Waals surface area contributed by atoms with Gasteiger partial charge in [-0.05, 0) is 61.0 Å². The summed E-state index contributed by atoms with van der Waals surface area (Å²) in [6.07, 6.45) is -3.02. The van der Waals surface area contributed by atoms with Gasteiger partial charge in [-0.1, -0.05) is 0 Å². The summed E-state index contributed by atoms with van der Waals surface area (Å²) in [5, 5.41) is 12.6. The lowest BCUT2D eigenvalue weighted by atomic mass is 9.83. The lowest BCUT2D eigenvalue weighted by molar-refractivity contribution is 0.0898. The maximum Gasteiger partial charge on any atom is 0.251 e.